The third kappa shape index (κ3) is 3.78. The molecule has 1 amide bonds. The third-order valence-electron chi connectivity index (χ3n) is 3.48. The van der Waals surface area contributed by atoms with Crippen LogP contribution in [0.4, 0.5) is 0 Å². The summed E-state index contributed by atoms with van der Waals surface area (Å²) in [5.41, 5.74) is 1.85. The largest absolute Gasteiger partial charge is 0.497 e. The number of methoxy groups -OCH3 is 1. The highest BCUT2D eigenvalue weighted by Gasteiger charge is 2.15. The highest BCUT2D eigenvalue weighted by atomic mass is 16.5. The molecular weight excluding hydrogens is 306 g/mol. The topological polar surface area (TPSA) is 77.2 Å². The number of nitrogens with one attached hydrogen (secondary N) is 1. The molecule has 1 aromatic heterocycles. The van der Waals surface area contributed by atoms with Gasteiger partial charge in [-0.2, -0.15) is 0 Å². The van der Waals surface area contributed by atoms with E-state index in [1.807, 2.05) is 48.5 Å². The van der Waals surface area contributed by atoms with Crippen LogP contribution in [0.3, 0.4) is 0 Å². The molecule has 6 heteroatoms. The number of ether oxygens (including phenoxy) is 1. The van der Waals surface area contributed by atoms with Gasteiger partial charge in [0, 0.05) is 12.1 Å². The molecule has 3 aromatic rings. The lowest BCUT2D eigenvalue weighted by atomic mass is 10.1. The van der Waals surface area contributed by atoms with E-state index in [-0.39, 0.29) is 17.7 Å². The lowest BCUT2D eigenvalue weighted by Gasteiger charge is -2.02. The highest BCUT2D eigenvalue weighted by Crippen LogP contribution is 2.22. The van der Waals surface area contributed by atoms with Gasteiger partial charge < -0.3 is 14.5 Å². The Morgan fingerprint density at radius 2 is 1.96 bits per heavy atom. The standard InChI is InChI=1S/C18H17N3O3/c1-23-15-9-5-8-14(12-15)17-20-21-18(24-17)16(22)19-11-10-13-6-3-2-4-7-13/h2-9,12H,10-11H2,1H3,(H,19,22). The van der Waals surface area contributed by atoms with Crippen molar-refractivity contribution in [3.63, 3.8) is 0 Å². The maximum absolute atomic E-state index is 12.1. The highest BCUT2D eigenvalue weighted by molar-refractivity contribution is 5.89. The predicted molar refractivity (Wildman–Crippen MR) is 88.8 cm³/mol. The van der Waals surface area contributed by atoms with Crippen molar-refractivity contribution in [1.29, 1.82) is 0 Å². The summed E-state index contributed by atoms with van der Waals surface area (Å²) >= 11 is 0. The van der Waals surface area contributed by atoms with E-state index in [1.54, 1.807) is 13.2 Å². The van der Waals surface area contributed by atoms with Crippen molar-refractivity contribution < 1.29 is 13.9 Å². The smallest absolute Gasteiger partial charge is 0.308 e. The van der Waals surface area contributed by atoms with E-state index in [4.69, 9.17) is 9.15 Å². The van der Waals surface area contributed by atoms with E-state index in [1.165, 1.54) is 0 Å². The fourth-order valence-electron chi connectivity index (χ4n) is 2.23. The molecule has 1 N–H and O–H groups in total. The Balaban J connectivity index is 1.61. The summed E-state index contributed by atoms with van der Waals surface area (Å²) in [7, 11) is 1.58. The molecule has 122 valence electrons. The number of amides is 1. The van der Waals surface area contributed by atoms with E-state index < -0.39 is 0 Å². The molecule has 0 saturated carbocycles. The van der Waals surface area contributed by atoms with Crippen LogP contribution in [0, 0.1) is 0 Å². The Morgan fingerprint density at radius 3 is 2.75 bits per heavy atom. The minimum Gasteiger partial charge on any atom is -0.497 e. The first-order valence-corrected chi connectivity index (χ1v) is 7.56. The van der Waals surface area contributed by atoms with Gasteiger partial charge in [0.25, 0.3) is 0 Å². The van der Waals surface area contributed by atoms with E-state index in [2.05, 4.69) is 15.5 Å². The van der Waals surface area contributed by atoms with E-state index in [0.29, 0.717) is 17.9 Å². The van der Waals surface area contributed by atoms with E-state index >= 15 is 0 Å². The van der Waals surface area contributed by atoms with Crippen molar-refractivity contribution in [2.24, 2.45) is 0 Å². The monoisotopic (exact) mass is 323 g/mol. The van der Waals surface area contributed by atoms with Gasteiger partial charge in [0.05, 0.1) is 7.11 Å². The van der Waals surface area contributed by atoms with Crippen molar-refractivity contribution in [2.45, 2.75) is 6.42 Å². The first kappa shape index (κ1) is 15.7. The molecule has 0 bridgehead atoms. The molecule has 2 aromatic carbocycles. The van der Waals surface area contributed by atoms with Crippen LogP contribution >= 0.6 is 0 Å². The van der Waals surface area contributed by atoms with Gasteiger partial charge in [-0.1, -0.05) is 36.4 Å². The number of nitrogens with zero attached hydrogens (tertiary/aromatic N) is 2. The summed E-state index contributed by atoms with van der Waals surface area (Å²) in [5.74, 6) is 0.523. The second kappa shape index (κ2) is 7.41. The van der Waals surface area contributed by atoms with Gasteiger partial charge in [0.2, 0.25) is 5.89 Å². The molecule has 24 heavy (non-hydrogen) atoms. The minimum atomic E-state index is -0.382. The van der Waals surface area contributed by atoms with Crippen LogP contribution < -0.4 is 10.1 Å². The Kier molecular flexibility index (Phi) is 4.86. The molecular formula is C18H17N3O3. The summed E-state index contributed by atoms with van der Waals surface area (Å²) in [6.45, 7) is 0.500. The molecule has 0 saturated heterocycles. The summed E-state index contributed by atoms with van der Waals surface area (Å²) < 4.78 is 10.6. The molecule has 0 spiro atoms. The van der Waals surface area contributed by atoms with Crippen molar-refractivity contribution in [3.05, 3.63) is 66.1 Å². The van der Waals surface area contributed by atoms with Gasteiger partial charge in [-0.3, -0.25) is 4.79 Å². The van der Waals surface area contributed by atoms with Gasteiger partial charge in [-0.15, -0.1) is 10.2 Å². The number of benzene rings is 2. The first-order valence-electron chi connectivity index (χ1n) is 7.56. The number of carbonyl (C=O) groups is 1. The van der Waals surface area contributed by atoms with E-state index in [9.17, 15) is 4.79 Å². The van der Waals surface area contributed by atoms with Gasteiger partial charge in [-0.05, 0) is 30.2 Å². The average molecular weight is 323 g/mol. The average Bonchev–Trinajstić information content (AvgIpc) is 3.13. The Morgan fingerprint density at radius 1 is 1.12 bits per heavy atom. The van der Waals surface area contributed by atoms with Crippen LogP contribution in [0.2, 0.25) is 0 Å². The molecule has 0 radical (unpaired) electrons. The summed E-state index contributed by atoms with van der Waals surface area (Å²) in [4.78, 5) is 12.1. The zero-order valence-corrected chi connectivity index (χ0v) is 13.2. The number of hydrogen-bond donors (Lipinski definition) is 1. The van der Waals surface area contributed by atoms with E-state index in [0.717, 1.165) is 12.0 Å². The molecule has 0 aliphatic heterocycles. The zero-order chi connectivity index (χ0) is 16.8. The Labute approximate surface area is 139 Å². The molecule has 0 atom stereocenters. The molecule has 3 rings (SSSR count). The van der Waals surface area contributed by atoms with Gasteiger partial charge in [0.1, 0.15) is 5.75 Å². The first-order chi connectivity index (χ1) is 11.8. The predicted octanol–water partition coefficient (Wildman–Crippen LogP) is 2.72. The summed E-state index contributed by atoms with van der Waals surface area (Å²) in [6.07, 6.45) is 0.740. The Bertz CT molecular complexity index is 815. The summed E-state index contributed by atoms with van der Waals surface area (Å²) in [5, 5.41) is 10.5. The number of aromatic nitrogens is 2. The van der Waals surface area contributed by atoms with Gasteiger partial charge in [0.15, 0.2) is 0 Å². The van der Waals surface area contributed by atoms with Crippen LogP contribution in [0.5, 0.6) is 5.75 Å². The number of hydrogen-bond acceptors (Lipinski definition) is 5. The summed E-state index contributed by atoms with van der Waals surface area (Å²) in [6, 6.07) is 17.1. The molecule has 0 unspecified atom stereocenters. The quantitative estimate of drug-likeness (QED) is 0.755. The molecule has 0 fully saturated rings. The second-order valence-corrected chi connectivity index (χ2v) is 5.14. The van der Waals surface area contributed by atoms with Crippen LogP contribution in [0.25, 0.3) is 11.5 Å². The third-order valence-corrected chi connectivity index (χ3v) is 3.48. The lowest BCUT2D eigenvalue weighted by molar-refractivity contribution is 0.0920. The second-order valence-electron chi connectivity index (χ2n) is 5.14. The van der Waals surface area contributed by atoms with Crippen molar-refractivity contribution >= 4 is 5.91 Å². The van der Waals surface area contributed by atoms with Crippen LogP contribution in [0.15, 0.2) is 59.0 Å². The Hall–Kier alpha value is -3.15. The fraction of sp³-hybridized carbons (Fsp3) is 0.167. The van der Waals surface area contributed by atoms with Crippen molar-refractivity contribution in [1.82, 2.24) is 15.5 Å². The maximum Gasteiger partial charge on any atom is 0.308 e. The minimum absolute atomic E-state index is 0.0547. The maximum atomic E-state index is 12.1. The number of carbonyl (C=O) groups excluding carboxylic acids is 1. The molecule has 1 heterocycles. The van der Waals surface area contributed by atoms with Gasteiger partial charge >= 0.3 is 11.8 Å². The lowest BCUT2D eigenvalue weighted by Crippen LogP contribution is -2.25. The van der Waals surface area contributed by atoms with Crippen molar-refractivity contribution in [2.75, 3.05) is 13.7 Å². The van der Waals surface area contributed by atoms with Crippen LogP contribution in [-0.2, 0) is 6.42 Å². The normalized spacial score (nSPS) is 10.4. The zero-order valence-electron chi connectivity index (χ0n) is 13.2. The van der Waals surface area contributed by atoms with Crippen LogP contribution in [0.1, 0.15) is 16.2 Å². The molecule has 6 nitrogen and oxygen atoms in total. The fourth-order valence-corrected chi connectivity index (χ4v) is 2.23. The SMILES string of the molecule is COc1cccc(-c2nnc(C(=O)NCCc3ccccc3)o2)c1. The molecule has 0 aliphatic carbocycles. The molecule has 0 aliphatic rings. The van der Waals surface area contributed by atoms with Crippen LogP contribution in [-0.4, -0.2) is 29.8 Å². The van der Waals surface area contributed by atoms with Gasteiger partial charge in [-0.25, -0.2) is 0 Å². The number of rotatable bonds is 6. The van der Waals surface area contributed by atoms with Crippen molar-refractivity contribution in [3.8, 4) is 17.2 Å².